The van der Waals surface area contributed by atoms with Gasteiger partial charge in [0, 0.05) is 6.42 Å². The Morgan fingerprint density at radius 1 is 0.786 bits per heavy atom. The number of hydrogen-bond acceptors (Lipinski definition) is 2. The van der Waals surface area contributed by atoms with Gasteiger partial charge in [-0.1, -0.05) is 54.6 Å². The predicted molar refractivity (Wildman–Crippen MR) is 112 cm³/mol. The number of hydrogen-bond donors (Lipinski definition) is 0. The van der Waals surface area contributed by atoms with Crippen LogP contribution < -0.4 is 32.9 Å². The summed E-state index contributed by atoms with van der Waals surface area (Å²) < 4.78 is 0. The van der Waals surface area contributed by atoms with Crippen molar-refractivity contribution >= 4 is 29.1 Å². The summed E-state index contributed by atoms with van der Waals surface area (Å²) >= 11 is 0. The molecule has 1 fully saturated rings. The molecule has 1 aliphatic rings. The zero-order valence-electron chi connectivity index (χ0n) is 15.7. The molecule has 3 aromatic rings. The van der Waals surface area contributed by atoms with E-state index in [4.69, 9.17) is 4.84 Å². The average molecular weight is 456 g/mol. The highest BCUT2D eigenvalue weighted by Gasteiger charge is 2.58. The Balaban J connectivity index is 0.00000225. The van der Waals surface area contributed by atoms with Gasteiger partial charge in [0.15, 0.2) is 5.66 Å². The van der Waals surface area contributed by atoms with Crippen LogP contribution in [0.25, 0.3) is 0 Å². The Kier molecular flexibility index (Phi) is 6.66. The van der Waals surface area contributed by atoms with E-state index in [1.54, 1.807) is 7.11 Å². The molecule has 28 heavy (non-hydrogen) atoms. The maximum Gasteiger partial charge on any atom is 0.288 e. The topological polar surface area (TPSA) is 29.5 Å². The maximum absolute atomic E-state index is 13.3. The summed E-state index contributed by atoms with van der Waals surface area (Å²) in [4.78, 5) is 18.7. The molecule has 3 nitrogen and oxygen atoms in total. The molecule has 3 aromatic carbocycles. The summed E-state index contributed by atoms with van der Waals surface area (Å²) in [6, 6.07) is 31.6. The molecule has 4 rings (SSSR count). The maximum atomic E-state index is 13.3. The largest absolute Gasteiger partial charge is 1.00 e. The number of carbonyl (C=O) groups is 1. The number of carbonyl (C=O) groups excluding carboxylic acids is 1. The summed E-state index contributed by atoms with van der Waals surface area (Å²) in [6.45, 7) is 0.633. The van der Waals surface area contributed by atoms with Gasteiger partial charge < -0.3 is 17.0 Å². The third-order valence-corrected chi connectivity index (χ3v) is 10.1. The lowest BCUT2D eigenvalue weighted by Crippen LogP contribution is -3.00. The molecule has 0 radical (unpaired) electrons. The molecule has 1 aliphatic heterocycles. The number of benzene rings is 3. The van der Waals surface area contributed by atoms with Gasteiger partial charge in [0.1, 0.15) is 23.2 Å². The second-order valence-corrected chi connectivity index (χ2v) is 10.3. The zero-order valence-corrected chi connectivity index (χ0v) is 18.2. The van der Waals surface area contributed by atoms with Gasteiger partial charge in [-0.3, -0.25) is 9.63 Å². The molecule has 0 saturated carbocycles. The standard InChI is InChI=1S/C23H23NO2P.BrH/c1-26-24-18-17-22(23(24)25)27(19-11-5-2-6-12-19,20-13-7-3-8-14-20)21-15-9-4-10-16-21;/h2-16,22H,17-18H2,1H3;1H/q+1;/p-1. The van der Waals surface area contributed by atoms with E-state index >= 15 is 0 Å². The number of hydroxylamine groups is 2. The third kappa shape index (κ3) is 3.41. The summed E-state index contributed by atoms with van der Waals surface area (Å²) in [5.41, 5.74) is -0.121. The van der Waals surface area contributed by atoms with Crippen molar-refractivity contribution in [2.45, 2.75) is 12.1 Å². The van der Waals surface area contributed by atoms with Gasteiger partial charge in [0.25, 0.3) is 5.91 Å². The molecule has 144 valence electrons. The van der Waals surface area contributed by atoms with Crippen LogP contribution in [0.1, 0.15) is 6.42 Å². The SMILES string of the molecule is CON1CCC([P+](c2ccccc2)(c2ccccc2)c2ccccc2)C1=O.[Br-]. The third-order valence-electron chi connectivity index (χ3n) is 5.31. The van der Waals surface area contributed by atoms with Gasteiger partial charge >= 0.3 is 0 Å². The first-order valence-corrected chi connectivity index (χ1v) is 11.1. The quantitative estimate of drug-likeness (QED) is 0.512. The normalized spacial score (nSPS) is 16.7. The van der Waals surface area contributed by atoms with E-state index in [9.17, 15) is 4.79 Å². The smallest absolute Gasteiger partial charge is 0.288 e. The summed E-state index contributed by atoms with van der Waals surface area (Å²) in [6.07, 6.45) is 0.791. The molecule has 0 aliphatic carbocycles. The van der Waals surface area contributed by atoms with Gasteiger partial charge in [-0.05, 0) is 36.4 Å². The molecule has 1 amide bonds. The summed E-state index contributed by atoms with van der Waals surface area (Å²) in [7, 11) is -0.601. The minimum Gasteiger partial charge on any atom is -1.00 e. The second kappa shape index (κ2) is 9.00. The van der Waals surface area contributed by atoms with Crippen LogP contribution in [0.5, 0.6) is 0 Å². The van der Waals surface area contributed by atoms with Crippen LogP contribution in [0.4, 0.5) is 0 Å². The Hall–Kier alpha value is -2.00. The van der Waals surface area contributed by atoms with Crippen LogP contribution >= 0.6 is 7.26 Å². The Morgan fingerprint density at radius 3 is 1.50 bits per heavy atom. The zero-order chi connectivity index (χ0) is 18.7. The van der Waals surface area contributed by atoms with Crippen LogP contribution in [-0.2, 0) is 9.63 Å². The Labute approximate surface area is 177 Å². The lowest BCUT2D eigenvalue weighted by molar-refractivity contribution is -0.166. The highest BCUT2D eigenvalue weighted by atomic mass is 79.9. The van der Waals surface area contributed by atoms with E-state index in [1.807, 2.05) is 18.2 Å². The molecule has 0 aromatic heterocycles. The Bertz CT molecular complexity index is 809. The fourth-order valence-electron chi connectivity index (χ4n) is 4.16. The molecule has 0 N–H and O–H groups in total. The first kappa shape index (κ1) is 20.7. The first-order valence-electron chi connectivity index (χ1n) is 9.19. The van der Waals surface area contributed by atoms with E-state index < -0.39 is 7.26 Å². The average Bonchev–Trinajstić information content (AvgIpc) is 3.12. The molecule has 0 spiro atoms. The van der Waals surface area contributed by atoms with E-state index in [0.29, 0.717) is 6.54 Å². The number of halogens is 1. The molecule has 1 saturated heterocycles. The highest BCUT2D eigenvalue weighted by molar-refractivity contribution is 7.96. The minimum absolute atomic E-state index is 0. The van der Waals surface area contributed by atoms with Crippen molar-refractivity contribution in [2.75, 3.05) is 13.7 Å². The summed E-state index contributed by atoms with van der Waals surface area (Å²) in [5, 5.41) is 5.23. The monoisotopic (exact) mass is 455 g/mol. The molecule has 1 heterocycles. The van der Waals surface area contributed by atoms with E-state index in [2.05, 4.69) is 72.8 Å². The summed E-state index contributed by atoms with van der Waals surface area (Å²) in [5.74, 6) is 0.0855. The van der Waals surface area contributed by atoms with Crippen molar-refractivity contribution in [2.24, 2.45) is 0 Å². The number of rotatable bonds is 5. The van der Waals surface area contributed by atoms with Crippen molar-refractivity contribution in [3.63, 3.8) is 0 Å². The van der Waals surface area contributed by atoms with Gasteiger partial charge in [0.2, 0.25) is 0 Å². The van der Waals surface area contributed by atoms with Crippen molar-refractivity contribution in [3.05, 3.63) is 91.0 Å². The van der Waals surface area contributed by atoms with Gasteiger partial charge in [-0.2, -0.15) is 0 Å². The molecule has 1 unspecified atom stereocenters. The fraction of sp³-hybridized carbons (Fsp3) is 0.174. The molecular formula is C23H23BrNO2P. The van der Waals surface area contributed by atoms with Crippen LogP contribution in [0.2, 0.25) is 0 Å². The van der Waals surface area contributed by atoms with Gasteiger partial charge in [0.05, 0.1) is 13.7 Å². The first-order chi connectivity index (χ1) is 13.3. The van der Waals surface area contributed by atoms with E-state index in [-0.39, 0.29) is 28.5 Å². The van der Waals surface area contributed by atoms with Crippen molar-refractivity contribution in [1.29, 1.82) is 0 Å². The minimum atomic E-state index is -2.18. The molecule has 1 atom stereocenters. The van der Waals surface area contributed by atoms with Crippen molar-refractivity contribution in [3.8, 4) is 0 Å². The highest BCUT2D eigenvalue weighted by Crippen LogP contribution is 2.62. The van der Waals surface area contributed by atoms with Gasteiger partial charge in [-0.25, -0.2) is 5.06 Å². The second-order valence-electron chi connectivity index (χ2n) is 6.66. The van der Waals surface area contributed by atoms with Crippen LogP contribution in [0.15, 0.2) is 91.0 Å². The van der Waals surface area contributed by atoms with Gasteiger partial charge in [-0.15, -0.1) is 0 Å². The molecular weight excluding hydrogens is 433 g/mol. The molecule has 5 heteroatoms. The van der Waals surface area contributed by atoms with E-state index in [1.165, 1.54) is 21.0 Å². The van der Waals surface area contributed by atoms with Crippen LogP contribution in [0, 0.1) is 0 Å². The number of nitrogens with zero attached hydrogens (tertiary/aromatic N) is 1. The number of amides is 1. The molecule has 0 bridgehead atoms. The van der Waals surface area contributed by atoms with Crippen molar-refractivity contribution in [1.82, 2.24) is 5.06 Å². The van der Waals surface area contributed by atoms with Crippen molar-refractivity contribution < 1.29 is 26.6 Å². The predicted octanol–water partition coefficient (Wildman–Crippen LogP) is 0.147. The lowest BCUT2D eigenvalue weighted by atomic mass is 10.3. The van der Waals surface area contributed by atoms with Crippen LogP contribution in [-0.4, -0.2) is 30.3 Å². The fourth-order valence-corrected chi connectivity index (χ4v) is 9.02. The Morgan fingerprint density at radius 2 is 1.18 bits per heavy atom. The van der Waals surface area contributed by atoms with E-state index in [0.717, 1.165) is 6.42 Å². The lowest BCUT2D eigenvalue weighted by Gasteiger charge is -2.31. The van der Waals surface area contributed by atoms with Crippen LogP contribution in [0.3, 0.4) is 0 Å².